The van der Waals surface area contributed by atoms with Gasteiger partial charge in [0.15, 0.2) is 5.96 Å². The summed E-state index contributed by atoms with van der Waals surface area (Å²) in [7, 11) is 0. The van der Waals surface area contributed by atoms with Crippen LogP contribution in [0, 0.1) is 15.5 Å². The van der Waals surface area contributed by atoms with Gasteiger partial charge in [0.2, 0.25) is 0 Å². The van der Waals surface area contributed by atoms with E-state index in [4.69, 9.17) is 26.5 Å². The van der Waals surface area contributed by atoms with E-state index in [0.29, 0.717) is 0 Å². The molecule has 0 aliphatic rings. The van der Waals surface area contributed by atoms with Crippen molar-refractivity contribution in [3.05, 3.63) is 101 Å². The first-order valence-electron chi connectivity index (χ1n) is 10.5. The van der Waals surface area contributed by atoms with Crippen LogP contribution in [-0.4, -0.2) is 16.3 Å². The van der Waals surface area contributed by atoms with Crippen molar-refractivity contribution in [2.24, 2.45) is 5.73 Å². The summed E-state index contributed by atoms with van der Waals surface area (Å²) in [5, 5.41) is 36.3. The van der Waals surface area contributed by atoms with Gasteiger partial charge in [0.25, 0.3) is 5.09 Å². The molecule has 0 aliphatic heterocycles. The van der Waals surface area contributed by atoms with Crippen molar-refractivity contribution in [3.63, 3.8) is 0 Å². The van der Waals surface area contributed by atoms with Crippen LogP contribution in [0.1, 0.15) is 0 Å². The highest BCUT2D eigenvalue weighted by Crippen LogP contribution is 2.35. The second-order valence-electron chi connectivity index (χ2n) is 8.06. The van der Waals surface area contributed by atoms with Crippen molar-refractivity contribution in [2.75, 3.05) is 5.32 Å². The maximum Gasteiger partial charge on any atom is 0.291 e. The zero-order valence-electron chi connectivity index (χ0n) is 17.9. The quantitative estimate of drug-likeness (QED) is 0.0577. The highest BCUT2D eigenvalue weighted by atomic mass is 16.9. The van der Waals surface area contributed by atoms with Gasteiger partial charge in [0.1, 0.15) is 0 Å². The number of guanidine groups is 1. The molecule has 166 valence electrons. The molecule has 0 unspecified atom stereocenters. The second kappa shape index (κ2) is 8.22. The van der Waals surface area contributed by atoms with E-state index in [0.717, 1.165) is 16.5 Å². The van der Waals surface area contributed by atoms with Crippen LogP contribution in [0.4, 0.5) is 5.69 Å². The minimum Gasteiger partial charge on any atom is -0.370 e. The zero-order chi connectivity index (χ0) is 23.8. The van der Waals surface area contributed by atoms with E-state index in [2.05, 4.69) is 84.2 Å². The third-order valence-corrected chi connectivity index (χ3v) is 5.93. The maximum atomic E-state index is 8.36. The number of fused-ring (bicyclic) bond motifs is 6. The summed E-state index contributed by atoms with van der Waals surface area (Å²) < 4.78 is 0. The Morgan fingerprint density at radius 2 is 1.18 bits per heavy atom. The molecule has 0 fully saturated rings. The number of hydrogen-bond donors (Lipinski definition) is 4. The van der Waals surface area contributed by atoms with E-state index in [1.165, 1.54) is 43.1 Å². The highest BCUT2D eigenvalue weighted by molar-refractivity contribution is 6.18. The Balaban J connectivity index is 0.000000560. The van der Waals surface area contributed by atoms with Crippen LogP contribution in [0.25, 0.3) is 53.9 Å². The third kappa shape index (κ3) is 3.86. The Morgan fingerprint density at radius 3 is 1.79 bits per heavy atom. The molecule has 5 N–H and O–H groups in total. The molecular formula is C27H20N4O3. The lowest BCUT2D eigenvalue weighted by atomic mass is 9.94. The van der Waals surface area contributed by atoms with Gasteiger partial charge < -0.3 is 16.3 Å². The van der Waals surface area contributed by atoms with Crippen LogP contribution in [0.3, 0.4) is 0 Å². The minimum atomic E-state index is -1.50. The molecule has 6 aromatic rings. The number of nitrogens with two attached hydrogens (primary N) is 1. The van der Waals surface area contributed by atoms with Crippen LogP contribution in [-0.2, 0) is 0 Å². The fraction of sp³-hybridized carbons (Fsp3) is 0. The van der Waals surface area contributed by atoms with Gasteiger partial charge in [0, 0.05) is 11.1 Å². The summed E-state index contributed by atoms with van der Waals surface area (Å²) in [5.74, 6) is -0.0570. The molecular weight excluding hydrogens is 428 g/mol. The molecule has 0 radical (unpaired) electrons. The summed E-state index contributed by atoms with van der Waals surface area (Å²) in [4.78, 5) is 8.36. The Kier molecular flexibility index (Phi) is 5.07. The SMILES string of the molecule is N=C(N)Nc1cccc2cc3ccc4cc5cc6ccccc6cc5cc4c3cc12.O=[N+]([O-])O. The van der Waals surface area contributed by atoms with Gasteiger partial charge in [-0.2, -0.15) is 0 Å². The minimum absolute atomic E-state index is 0.0570. The highest BCUT2D eigenvalue weighted by Gasteiger charge is 2.08. The summed E-state index contributed by atoms with van der Waals surface area (Å²) in [5.41, 5.74) is 6.45. The van der Waals surface area contributed by atoms with Crippen LogP contribution in [0.5, 0.6) is 0 Å². The molecule has 0 atom stereocenters. The summed E-state index contributed by atoms with van der Waals surface area (Å²) >= 11 is 0. The lowest BCUT2D eigenvalue weighted by molar-refractivity contribution is -0.742. The van der Waals surface area contributed by atoms with Gasteiger partial charge in [-0.1, -0.05) is 48.5 Å². The summed E-state index contributed by atoms with van der Waals surface area (Å²) in [6.45, 7) is 0. The molecule has 0 saturated carbocycles. The van der Waals surface area contributed by atoms with Crippen molar-refractivity contribution >= 4 is 65.5 Å². The van der Waals surface area contributed by atoms with Gasteiger partial charge in [0.05, 0.1) is 0 Å². The second-order valence-corrected chi connectivity index (χ2v) is 8.06. The number of anilines is 1. The predicted octanol–water partition coefficient (Wildman–Crippen LogP) is 6.41. The Hall–Kier alpha value is -4.91. The van der Waals surface area contributed by atoms with Gasteiger partial charge in [-0.15, -0.1) is 10.1 Å². The molecule has 0 aliphatic carbocycles. The molecule has 7 heteroatoms. The number of nitrogens with zero attached hydrogens (tertiary/aromatic N) is 1. The number of nitrogens with one attached hydrogen (secondary N) is 2. The van der Waals surface area contributed by atoms with Crippen molar-refractivity contribution in [2.45, 2.75) is 0 Å². The zero-order valence-corrected chi connectivity index (χ0v) is 17.9. The first-order valence-corrected chi connectivity index (χ1v) is 10.5. The van der Waals surface area contributed by atoms with Crippen molar-refractivity contribution in [1.82, 2.24) is 0 Å². The summed E-state index contributed by atoms with van der Waals surface area (Å²) in [6.07, 6.45) is 0. The molecule has 0 bridgehead atoms. The molecule has 0 saturated heterocycles. The van der Waals surface area contributed by atoms with E-state index in [1.54, 1.807) is 0 Å². The van der Waals surface area contributed by atoms with Crippen molar-refractivity contribution in [1.29, 1.82) is 5.41 Å². The van der Waals surface area contributed by atoms with E-state index in [1.807, 2.05) is 12.1 Å². The van der Waals surface area contributed by atoms with Crippen molar-refractivity contribution in [3.8, 4) is 0 Å². The molecule has 0 heterocycles. The maximum absolute atomic E-state index is 8.36. The van der Waals surface area contributed by atoms with Gasteiger partial charge in [-0.3, -0.25) is 5.41 Å². The Bertz CT molecular complexity index is 1760. The molecule has 0 aromatic heterocycles. The molecule has 7 nitrogen and oxygen atoms in total. The van der Waals surface area contributed by atoms with Crippen LogP contribution in [0.15, 0.2) is 91.0 Å². The van der Waals surface area contributed by atoms with E-state index in [-0.39, 0.29) is 5.96 Å². The van der Waals surface area contributed by atoms with Crippen LogP contribution >= 0.6 is 0 Å². The lowest BCUT2D eigenvalue weighted by Crippen LogP contribution is -2.20. The molecule has 0 amide bonds. The number of rotatable bonds is 1. The van der Waals surface area contributed by atoms with Crippen LogP contribution in [0.2, 0.25) is 0 Å². The van der Waals surface area contributed by atoms with Crippen LogP contribution < -0.4 is 11.1 Å². The largest absolute Gasteiger partial charge is 0.370 e. The van der Waals surface area contributed by atoms with E-state index < -0.39 is 5.09 Å². The average molecular weight is 448 g/mol. The Morgan fingerprint density at radius 1 is 0.706 bits per heavy atom. The molecule has 0 spiro atoms. The topological polar surface area (TPSA) is 125 Å². The number of benzene rings is 6. The lowest BCUT2D eigenvalue weighted by Gasteiger charge is -2.12. The van der Waals surface area contributed by atoms with E-state index in [9.17, 15) is 0 Å². The predicted molar refractivity (Wildman–Crippen MR) is 138 cm³/mol. The fourth-order valence-corrected chi connectivity index (χ4v) is 4.53. The van der Waals surface area contributed by atoms with Gasteiger partial charge >= 0.3 is 0 Å². The molecule has 6 aromatic carbocycles. The number of hydrogen-bond acceptors (Lipinski definition) is 3. The van der Waals surface area contributed by atoms with E-state index >= 15 is 0 Å². The molecule has 34 heavy (non-hydrogen) atoms. The third-order valence-electron chi connectivity index (χ3n) is 5.93. The first kappa shape index (κ1) is 21.0. The summed E-state index contributed by atoms with van der Waals surface area (Å²) in [6, 6.07) is 32.5. The van der Waals surface area contributed by atoms with Gasteiger partial charge in [-0.25, -0.2) is 0 Å². The smallest absolute Gasteiger partial charge is 0.291 e. The first-order chi connectivity index (χ1) is 16.4. The average Bonchev–Trinajstić information content (AvgIpc) is 2.80. The standard InChI is InChI=1S/C27H19N3.HNO3/c28-27(29)30-26-7-3-6-18-12-19-8-9-20-13-21-10-16-4-1-2-5-17(16)11-22(21)14-23(20)24(19)15-25(18)26;2-1(3)4/h1-15H,(H4,28,29,30);(H,2,3,4). The Labute approximate surface area is 193 Å². The molecule has 6 rings (SSSR count). The fourth-order valence-electron chi connectivity index (χ4n) is 4.53. The monoisotopic (exact) mass is 448 g/mol. The normalized spacial score (nSPS) is 10.9. The van der Waals surface area contributed by atoms with Crippen molar-refractivity contribution < 1.29 is 10.3 Å². The van der Waals surface area contributed by atoms with Gasteiger partial charge in [-0.05, 0) is 90.9 Å².